The van der Waals surface area contributed by atoms with Crippen molar-refractivity contribution < 1.29 is 24.1 Å². The maximum Gasteiger partial charge on any atom is 0.220 e. The van der Waals surface area contributed by atoms with Gasteiger partial charge < -0.3 is 24.6 Å². The number of benzene rings is 3. The number of hydrogen-bond acceptors (Lipinski definition) is 7. The van der Waals surface area contributed by atoms with E-state index in [-0.39, 0.29) is 12.5 Å². The van der Waals surface area contributed by atoms with E-state index in [1.54, 1.807) is 21.1 Å². The van der Waals surface area contributed by atoms with Crippen LogP contribution in [0.3, 0.4) is 0 Å². The summed E-state index contributed by atoms with van der Waals surface area (Å²) in [5, 5.41) is 14.4. The predicted octanol–water partition coefficient (Wildman–Crippen LogP) is 6.59. The maximum absolute atomic E-state index is 12.9. The molecule has 0 spiro atoms. The number of ether oxygens (including phenoxy) is 3. The van der Waals surface area contributed by atoms with E-state index in [2.05, 4.69) is 5.32 Å². The number of rotatable bonds is 15. The number of hydrogen-bond donors (Lipinski definition) is 2. The van der Waals surface area contributed by atoms with Gasteiger partial charge in [-0.05, 0) is 67.1 Å². The number of amides is 1. The fourth-order valence-corrected chi connectivity index (χ4v) is 8.12. The lowest BCUT2D eigenvalue weighted by molar-refractivity contribution is -0.124. The van der Waals surface area contributed by atoms with Crippen LogP contribution in [0.5, 0.6) is 11.5 Å². The van der Waals surface area contributed by atoms with Crippen LogP contribution in [0.25, 0.3) is 0 Å². The summed E-state index contributed by atoms with van der Waals surface area (Å²) < 4.78 is 17.7. The lowest BCUT2D eigenvalue weighted by atomic mass is 9.80. The average Bonchev–Trinajstić information content (AvgIpc) is 3.54. The Bertz CT molecular complexity index is 1150. The van der Waals surface area contributed by atoms with Gasteiger partial charge in [0.25, 0.3) is 0 Å². The van der Waals surface area contributed by atoms with Crippen LogP contribution in [0.4, 0.5) is 0 Å². The second-order valence-corrected chi connectivity index (χ2v) is 13.1. The fourth-order valence-electron chi connectivity index (χ4n) is 5.09. The fraction of sp³-hybridized carbons (Fsp3) is 0.424. The van der Waals surface area contributed by atoms with Gasteiger partial charge in [-0.25, -0.2) is 0 Å². The summed E-state index contributed by atoms with van der Waals surface area (Å²) >= 11 is 0. The quantitative estimate of drug-likeness (QED) is 0.117. The SMILES string of the molecule is COc1ccc(C(OC[C@@H](NC(=O)CCCCC2CCSS2)C(C)O)(c2ccccc2)c2ccc(OC)cc2)cc1. The molecule has 1 heterocycles. The predicted molar refractivity (Wildman–Crippen MR) is 169 cm³/mol. The van der Waals surface area contributed by atoms with Gasteiger partial charge in [0.2, 0.25) is 5.91 Å². The number of nitrogens with one attached hydrogen (secondary N) is 1. The molecule has 220 valence electrons. The van der Waals surface area contributed by atoms with E-state index in [1.807, 2.05) is 100 Å². The molecule has 1 aliphatic rings. The smallest absolute Gasteiger partial charge is 0.220 e. The number of aliphatic hydroxyl groups excluding tert-OH is 1. The number of aliphatic hydroxyl groups is 1. The molecule has 3 aromatic rings. The molecule has 4 rings (SSSR count). The van der Waals surface area contributed by atoms with Crippen LogP contribution in [0, 0.1) is 0 Å². The molecule has 41 heavy (non-hydrogen) atoms. The molecule has 1 fully saturated rings. The minimum atomic E-state index is -1.02. The van der Waals surface area contributed by atoms with Crippen molar-refractivity contribution in [3.05, 3.63) is 95.6 Å². The first kappa shape index (κ1) is 31.3. The van der Waals surface area contributed by atoms with Gasteiger partial charge >= 0.3 is 0 Å². The molecule has 0 saturated carbocycles. The van der Waals surface area contributed by atoms with Crippen molar-refractivity contribution in [2.45, 2.75) is 62.0 Å². The second-order valence-electron chi connectivity index (χ2n) is 10.3. The van der Waals surface area contributed by atoms with Crippen LogP contribution in [-0.4, -0.2) is 55.0 Å². The van der Waals surface area contributed by atoms with E-state index in [0.29, 0.717) is 11.7 Å². The molecule has 2 N–H and O–H groups in total. The normalized spacial score (nSPS) is 16.6. The molecule has 2 unspecified atom stereocenters. The third kappa shape index (κ3) is 8.22. The number of methoxy groups -OCH3 is 2. The lowest BCUT2D eigenvalue weighted by Gasteiger charge is -2.37. The zero-order valence-electron chi connectivity index (χ0n) is 24.1. The highest BCUT2D eigenvalue weighted by atomic mass is 33.1. The molecule has 0 aliphatic carbocycles. The Hall–Kier alpha value is -2.65. The monoisotopic (exact) mass is 595 g/mol. The Kier molecular flexibility index (Phi) is 11.9. The van der Waals surface area contributed by atoms with Crippen LogP contribution in [-0.2, 0) is 15.1 Å². The minimum Gasteiger partial charge on any atom is -0.497 e. The Morgan fingerprint density at radius 2 is 1.51 bits per heavy atom. The summed E-state index contributed by atoms with van der Waals surface area (Å²) in [6.45, 7) is 1.79. The number of carbonyl (C=O) groups is 1. The third-order valence-corrected chi connectivity index (χ3v) is 10.5. The van der Waals surface area contributed by atoms with Crippen molar-refractivity contribution in [1.82, 2.24) is 5.32 Å². The van der Waals surface area contributed by atoms with Gasteiger partial charge in [-0.2, -0.15) is 0 Å². The Morgan fingerprint density at radius 3 is 2.02 bits per heavy atom. The molecule has 1 aliphatic heterocycles. The van der Waals surface area contributed by atoms with Gasteiger partial charge in [-0.1, -0.05) is 82.6 Å². The number of carbonyl (C=O) groups excluding carboxylic acids is 1. The van der Waals surface area contributed by atoms with Crippen LogP contribution in [0.1, 0.15) is 55.7 Å². The largest absolute Gasteiger partial charge is 0.497 e. The summed E-state index contributed by atoms with van der Waals surface area (Å²) in [6, 6.07) is 25.1. The standard InChI is InChI=1S/C33H41NO5S2/c1-24(35)31(34-32(36)12-8-7-11-30-21-22-40-41-30)23-39-33(25-9-5-4-6-10-25,26-13-17-28(37-2)18-14-26)27-15-19-29(38-3)20-16-27/h4-6,9-10,13-20,24,30-31,35H,7-8,11-12,21-23H2,1-3H3,(H,34,36)/t24?,30?,31-/m1/s1. The second kappa shape index (κ2) is 15.5. The van der Waals surface area contributed by atoms with E-state index >= 15 is 0 Å². The molecule has 3 aromatic carbocycles. The van der Waals surface area contributed by atoms with Crippen molar-refractivity contribution in [3.8, 4) is 11.5 Å². The summed E-state index contributed by atoms with van der Waals surface area (Å²) in [6.07, 6.45) is 3.92. The van der Waals surface area contributed by atoms with Crippen LogP contribution >= 0.6 is 21.6 Å². The maximum atomic E-state index is 12.9. The van der Waals surface area contributed by atoms with Crippen LogP contribution in [0.15, 0.2) is 78.9 Å². The van der Waals surface area contributed by atoms with Crippen LogP contribution < -0.4 is 14.8 Å². The average molecular weight is 596 g/mol. The first-order valence-electron chi connectivity index (χ1n) is 14.2. The Labute approximate surface area is 252 Å². The first-order chi connectivity index (χ1) is 20.0. The Balaban J connectivity index is 1.58. The molecule has 3 atom stereocenters. The molecule has 8 heteroatoms. The highest BCUT2D eigenvalue weighted by molar-refractivity contribution is 8.77. The van der Waals surface area contributed by atoms with Gasteiger partial charge in [0.15, 0.2) is 0 Å². The van der Waals surface area contributed by atoms with E-state index in [9.17, 15) is 9.90 Å². The van der Waals surface area contributed by atoms with Crippen molar-refractivity contribution >= 4 is 27.5 Å². The van der Waals surface area contributed by atoms with Gasteiger partial charge in [0.1, 0.15) is 17.1 Å². The molecule has 0 aromatic heterocycles. The number of unbranched alkanes of at least 4 members (excludes halogenated alkanes) is 1. The van der Waals surface area contributed by atoms with Crippen molar-refractivity contribution in [2.75, 3.05) is 26.6 Å². The third-order valence-electron chi connectivity index (χ3n) is 7.49. The van der Waals surface area contributed by atoms with E-state index in [4.69, 9.17) is 14.2 Å². The molecule has 1 amide bonds. The summed E-state index contributed by atoms with van der Waals surface area (Å²) in [5.41, 5.74) is 1.70. The highest BCUT2D eigenvalue weighted by Gasteiger charge is 2.39. The van der Waals surface area contributed by atoms with E-state index < -0.39 is 17.7 Å². The summed E-state index contributed by atoms with van der Waals surface area (Å²) in [7, 11) is 7.20. The summed E-state index contributed by atoms with van der Waals surface area (Å²) in [5.74, 6) is 2.64. The Morgan fingerprint density at radius 1 is 0.927 bits per heavy atom. The van der Waals surface area contributed by atoms with E-state index in [1.165, 1.54) is 12.2 Å². The van der Waals surface area contributed by atoms with E-state index in [0.717, 1.165) is 47.5 Å². The molecule has 1 saturated heterocycles. The van der Waals surface area contributed by atoms with Crippen molar-refractivity contribution in [3.63, 3.8) is 0 Å². The van der Waals surface area contributed by atoms with Crippen molar-refractivity contribution in [2.24, 2.45) is 0 Å². The first-order valence-corrected chi connectivity index (χ1v) is 16.6. The molecule has 6 nitrogen and oxygen atoms in total. The molecular formula is C33H41NO5S2. The highest BCUT2D eigenvalue weighted by Crippen LogP contribution is 2.42. The van der Waals surface area contributed by atoms with Gasteiger partial charge in [-0.3, -0.25) is 4.79 Å². The topological polar surface area (TPSA) is 77.0 Å². The zero-order valence-corrected chi connectivity index (χ0v) is 25.7. The molecule has 0 radical (unpaired) electrons. The van der Waals surface area contributed by atoms with Gasteiger partial charge in [0, 0.05) is 17.4 Å². The lowest BCUT2D eigenvalue weighted by Crippen LogP contribution is -2.47. The van der Waals surface area contributed by atoms with Gasteiger partial charge in [0.05, 0.1) is 33.0 Å². The zero-order chi connectivity index (χ0) is 29.1. The van der Waals surface area contributed by atoms with Crippen molar-refractivity contribution in [1.29, 1.82) is 0 Å². The minimum absolute atomic E-state index is 0.0628. The van der Waals surface area contributed by atoms with Crippen LogP contribution in [0.2, 0.25) is 0 Å². The molecule has 0 bridgehead atoms. The molecular weight excluding hydrogens is 554 g/mol. The van der Waals surface area contributed by atoms with Gasteiger partial charge in [-0.15, -0.1) is 0 Å². The summed E-state index contributed by atoms with van der Waals surface area (Å²) in [4.78, 5) is 12.9.